The largest absolute Gasteiger partial charge is 0.360 e. The van der Waals surface area contributed by atoms with Gasteiger partial charge in [0.15, 0.2) is 5.69 Å². The molecule has 0 aliphatic heterocycles. The van der Waals surface area contributed by atoms with Crippen molar-refractivity contribution in [1.29, 1.82) is 0 Å². The number of nitrogens with one attached hydrogen (secondary N) is 1. The Morgan fingerprint density at radius 1 is 1.50 bits per heavy atom. The molecule has 88 valence electrons. The van der Waals surface area contributed by atoms with Crippen molar-refractivity contribution < 1.29 is 9.32 Å². The highest BCUT2D eigenvalue weighted by atomic mass is 16.5. The van der Waals surface area contributed by atoms with Gasteiger partial charge in [-0.3, -0.25) is 4.79 Å². The number of hydrogen-bond acceptors (Lipinski definition) is 3. The number of carbonyl (C=O) groups excluding carboxylic acids is 1. The molecule has 0 bridgehead atoms. The zero-order valence-corrected chi connectivity index (χ0v) is 9.99. The van der Waals surface area contributed by atoms with E-state index in [0.717, 1.165) is 5.76 Å². The van der Waals surface area contributed by atoms with E-state index in [1.54, 1.807) is 6.07 Å². The maximum absolute atomic E-state index is 11.8. The van der Waals surface area contributed by atoms with Crippen LogP contribution in [0, 0.1) is 5.92 Å². The van der Waals surface area contributed by atoms with Crippen LogP contribution in [0.2, 0.25) is 0 Å². The van der Waals surface area contributed by atoms with Crippen molar-refractivity contribution in [2.45, 2.75) is 45.6 Å². The van der Waals surface area contributed by atoms with Gasteiger partial charge in [-0.25, -0.2) is 0 Å². The molecular formula is C12H18N2O2. The summed E-state index contributed by atoms with van der Waals surface area (Å²) in [6.45, 7) is 6.06. The van der Waals surface area contributed by atoms with Crippen LogP contribution < -0.4 is 5.32 Å². The van der Waals surface area contributed by atoms with Crippen molar-refractivity contribution >= 4 is 5.91 Å². The Morgan fingerprint density at radius 3 is 2.69 bits per heavy atom. The summed E-state index contributed by atoms with van der Waals surface area (Å²) in [4.78, 5) is 11.8. The van der Waals surface area contributed by atoms with Crippen molar-refractivity contribution in [3.05, 3.63) is 17.5 Å². The lowest BCUT2D eigenvalue weighted by molar-refractivity contribution is 0.0926. The quantitative estimate of drug-likeness (QED) is 0.850. The third-order valence-electron chi connectivity index (χ3n) is 3.02. The smallest absolute Gasteiger partial charge is 0.273 e. The van der Waals surface area contributed by atoms with Gasteiger partial charge in [0.1, 0.15) is 5.76 Å². The molecule has 1 aromatic heterocycles. The average Bonchev–Trinajstić information content (AvgIpc) is 2.95. The fourth-order valence-corrected chi connectivity index (χ4v) is 1.66. The first-order chi connectivity index (χ1) is 7.58. The van der Waals surface area contributed by atoms with Gasteiger partial charge in [-0.15, -0.1) is 0 Å². The lowest BCUT2D eigenvalue weighted by atomic mass is 10.1. The topological polar surface area (TPSA) is 55.1 Å². The van der Waals surface area contributed by atoms with Gasteiger partial charge in [0.2, 0.25) is 0 Å². The summed E-state index contributed by atoms with van der Waals surface area (Å²) in [6.07, 6.45) is 2.44. The number of hydrogen-bond donors (Lipinski definition) is 1. The summed E-state index contributed by atoms with van der Waals surface area (Å²) in [6, 6.07) is 1.96. The van der Waals surface area contributed by atoms with Crippen molar-refractivity contribution in [3.63, 3.8) is 0 Å². The SMILES string of the molecule is CC(C)c1cc(C(=O)N[C@@H](C)C2CC2)no1. The molecular weight excluding hydrogens is 204 g/mol. The Labute approximate surface area is 95.4 Å². The molecule has 1 heterocycles. The van der Waals surface area contributed by atoms with Crippen LogP contribution in [0.4, 0.5) is 0 Å². The minimum atomic E-state index is -0.130. The molecule has 1 amide bonds. The van der Waals surface area contributed by atoms with E-state index in [-0.39, 0.29) is 17.9 Å². The van der Waals surface area contributed by atoms with Crippen LogP contribution in [0.3, 0.4) is 0 Å². The lowest BCUT2D eigenvalue weighted by Crippen LogP contribution is -2.34. The molecule has 0 radical (unpaired) electrons. The molecule has 1 aromatic rings. The maximum Gasteiger partial charge on any atom is 0.273 e. The van der Waals surface area contributed by atoms with Gasteiger partial charge in [-0.2, -0.15) is 0 Å². The summed E-state index contributed by atoms with van der Waals surface area (Å²) < 4.78 is 5.09. The fourth-order valence-electron chi connectivity index (χ4n) is 1.66. The molecule has 0 unspecified atom stereocenters. The third-order valence-corrected chi connectivity index (χ3v) is 3.02. The summed E-state index contributed by atoms with van der Waals surface area (Å²) in [5, 5.41) is 6.73. The average molecular weight is 222 g/mol. The third kappa shape index (κ3) is 2.43. The van der Waals surface area contributed by atoms with E-state index in [1.807, 2.05) is 20.8 Å². The van der Waals surface area contributed by atoms with Gasteiger partial charge < -0.3 is 9.84 Å². The molecule has 0 spiro atoms. The summed E-state index contributed by atoms with van der Waals surface area (Å²) >= 11 is 0. The number of aromatic nitrogens is 1. The lowest BCUT2D eigenvalue weighted by Gasteiger charge is -2.10. The van der Waals surface area contributed by atoms with Crippen molar-refractivity contribution in [2.24, 2.45) is 5.92 Å². The van der Waals surface area contributed by atoms with Crippen LogP contribution in [0.15, 0.2) is 10.6 Å². The Balaban J connectivity index is 1.97. The first kappa shape index (κ1) is 11.2. The van der Waals surface area contributed by atoms with Crippen LogP contribution in [0.1, 0.15) is 55.8 Å². The highest BCUT2D eigenvalue weighted by Crippen LogP contribution is 2.32. The fraction of sp³-hybridized carbons (Fsp3) is 0.667. The molecule has 1 saturated carbocycles. The zero-order chi connectivity index (χ0) is 11.7. The molecule has 16 heavy (non-hydrogen) atoms. The second-order valence-electron chi connectivity index (χ2n) is 4.87. The Kier molecular flexibility index (Phi) is 2.99. The van der Waals surface area contributed by atoms with Crippen LogP contribution in [-0.4, -0.2) is 17.1 Å². The highest BCUT2D eigenvalue weighted by Gasteiger charge is 2.29. The van der Waals surface area contributed by atoms with Gasteiger partial charge >= 0.3 is 0 Å². The summed E-state index contributed by atoms with van der Waals surface area (Å²) in [7, 11) is 0. The molecule has 4 nitrogen and oxygen atoms in total. The number of carbonyl (C=O) groups is 1. The molecule has 1 atom stereocenters. The Hall–Kier alpha value is -1.32. The van der Waals surface area contributed by atoms with E-state index in [4.69, 9.17) is 4.52 Å². The van der Waals surface area contributed by atoms with Gasteiger partial charge in [0, 0.05) is 18.0 Å². The highest BCUT2D eigenvalue weighted by molar-refractivity contribution is 5.92. The number of rotatable bonds is 4. The first-order valence-electron chi connectivity index (χ1n) is 5.85. The van der Waals surface area contributed by atoms with E-state index in [9.17, 15) is 4.79 Å². The molecule has 0 aromatic carbocycles. The number of amides is 1. The molecule has 0 saturated heterocycles. The van der Waals surface area contributed by atoms with E-state index in [1.165, 1.54) is 12.8 Å². The van der Waals surface area contributed by atoms with Crippen LogP contribution in [0.25, 0.3) is 0 Å². The summed E-state index contributed by atoms with van der Waals surface area (Å²) in [5.41, 5.74) is 0.385. The molecule has 1 aliphatic rings. The van der Waals surface area contributed by atoms with E-state index < -0.39 is 0 Å². The second kappa shape index (κ2) is 4.28. The summed E-state index contributed by atoms with van der Waals surface area (Å²) in [5.74, 6) is 1.54. The van der Waals surface area contributed by atoms with E-state index in [2.05, 4.69) is 10.5 Å². The molecule has 4 heteroatoms. The number of nitrogens with zero attached hydrogens (tertiary/aromatic N) is 1. The maximum atomic E-state index is 11.8. The normalized spacial score (nSPS) is 17.5. The van der Waals surface area contributed by atoms with Crippen LogP contribution in [-0.2, 0) is 0 Å². The standard InChI is InChI=1S/C12H18N2O2/c1-7(2)11-6-10(14-16-11)12(15)13-8(3)9-4-5-9/h6-9H,4-5H2,1-3H3,(H,13,15)/t8-/m0/s1. The van der Waals surface area contributed by atoms with E-state index in [0.29, 0.717) is 11.6 Å². The monoisotopic (exact) mass is 222 g/mol. The van der Waals surface area contributed by atoms with E-state index >= 15 is 0 Å². The zero-order valence-electron chi connectivity index (χ0n) is 9.99. The van der Waals surface area contributed by atoms with Crippen molar-refractivity contribution in [3.8, 4) is 0 Å². The molecule has 2 rings (SSSR count). The van der Waals surface area contributed by atoms with Gasteiger partial charge in [0.05, 0.1) is 0 Å². The second-order valence-corrected chi connectivity index (χ2v) is 4.87. The minimum Gasteiger partial charge on any atom is -0.360 e. The van der Waals surface area contributed by atoms with Gasteiger partial charge in [-0.05, 0) is 25.7 Å². The Bertz CT molecular complexity index is 380. The van der Waals surface area contributed by atoms with Gasteiger partial charge in [-0.1, -0.05) is 19.0 Å². The van der Waals surface area contributed by atoms with Crippen LogP contribution in [0.5, 0.6) is 0 Å². The van der Waals surface area contributed by atoms with Crippen molar-refractivity contribution in [2.75, 3.05) is 0 Å². The predicted octanol–water partition coefficient (Wildman–Crippen LogP) is 2.33. The van der Waals surface area contributed by atoms with Gasteiger partial charge in [0.25, 0.3) is 5.91 Å². The molecule has 1 N–H and O–H groups in total. The first-order valence-corrected chi connectivity index (χ1v) is 5.85. The Morgan fingerprint density at radius 2 is 2.19 bits per heavy atom. The van der Waals surface area contributed by atoms with Crippen LogP contribution >= 0.6 is 0 Å². The molecule has 1 fully saturated rings. The minimum absolute atomic E-state index is 0.130. The van der Waals surface area contributed by atoms with Crippen molar-refractivity contribution in [1.82, 2.24) is 10.5 Å². The predicted molar refractivity (Wildman–Crippen MR) is 60.2 cm³/mol. The molecule has 1 aliphatic carbocycles.